The fraction of sp³-hybridized carbons (Fsp3) is 0.200. The first kappa shape index (κ1) is 11.0. The van der Waals surface area contributed by atoms with E-state index in [1.165, 1.54) is 12.1 Å². The van der Waals surface area contributed by atoms with Crippen LogP contribution in [0.4, 0.5) is 0 Å². The Hall–Kier alpha value is -2.04. The number of benzene rings is 1. The number of rotatable bonds is 4. The predicted molar refractivity (Wildman–Crippen MR) is 46.3 cm³/mol. The van der Waals surface area contributed by atoms with Crippen molar-refractivity contribution in [3.63, 3.8) is 0 Å². The molecule has 5 nitrogen and oxygen atoms in total. The fourth-order valence-electron chi connectivity index (χ4n) is 1.08. The quantitative estimate of drug-likeness (QED) is 0.620. The zero-order chi connectivity index (χ0) is 11.4. The summed E-state index contributed by atoms with van der Waals surface area (Å²) < 4.78 is 5.01. The van der Waals surface area contributed by atoms with Crippen molar-refractivity contribution in [1.82, 2.24) is 0 Å². The van der Waals surface area contributed by atoms with Crippen LogP contribution in [0.3, 0.4) is 0 Å². The van der Waals surface area contributed by atoms with E-state index in [0.29, 0.717) is 6.61 Å². The Balaban J connectivity index is 3.19. The van der Waals surface area contributed by atoms with Crippen molar-refractivity contribution in [3.05, 3.63) is 29.3 Å². The number of carboxylic acid groups (broad SMARTS) is 2. The maximum atomic E-state index is 10.6. The van der Waals surface area contributed by atoms with Crippen molar-refractivity contribution in [3.8, 4) is 5.75 Å². The first-order valence-electron chi connectivity index (χ1n) is 4.25. The highest BCUT2D eigenvalue weighted by Crippen LogP contribution is 2.16. The van der Waals surface area contributed by atoms with Crippen LogP contribution in [0.5, 0.6) is 5.75 Å². The summed E-state index contributed by atoms with van der Waals surface area (Å²) in [5.74, 6) is -2.75. The Morgan fingerprint density at radius 2 is 1.60 bits per heavy atom. The minimum Gasteiger partial charge on any atom is -0.545 e. The Morgan fingerprint density at radius 3 is 1.93 bits per heavy atom. The number of carbonyl (C=O) groups excluding carboxylic acids is 2. The largest absolute Gasteiger partial charge is 0.545 e. The zero-order valence-electron chi connectivity index (χ0n) is 7.98. The molecule has 1 aromatic carbocycles. The first-order valence-corrected chi connectivity index (χ1v) is 4.25. The molecular weight excluding hydrogens is 200 g/mol. The summed E-state index contributed by atoms with van der Waals surface area (Å²) in [6.45, 7) is 2.01. The van der Waals surface area contributed by atoms with E-state index in [4.69, 9.17) is 4.74 Å². The Morgan fingerprint density at radius 1 is 1.13 bits per heavy atom. The monoisotopic (exact) mass is 208 g/mol. The number of carbonyl (C=O) groups is 2. The number of aromatic carboxylic acids is 2. The highest BCUT2D eigenvalue weighted by molar-refractivity contribution is 5.92. The van der Waals surface area contributed by atoms with Gasteiger partial charge in [0.1, 0.15) is 5.75 Å². The van der Waals surface area contributed by atoms with Gasteiger partial charge in [-0.25, -0.2) is 0 Å². The molecule has 0 saturated carbocycles. The molecule has 1 aromatic rings. The molecule has 0 aliphatic carbocycles. The van der Waals surface area contributed by atoms with Gasteiger partial charge in [0.05, 0.1) is 18.5 Å². The first-order chi connectivity index (χ1) is 7.04. The second kappa shape index (κ2) is 4.45. The van der Waals surface area contributed by atoms with Crippen LogP contribution in [0.1, 0.15) is 27.6 Å². The summed E-state index contributed by atoms with van der Waals surface area (Å²) in [6.07, 6.45) is 0. The van der Waals surface area contributed by atoms with Gasteiger partial charge in [-0.3, -0.25) is 0 Å². The van der Waals surface area contributed by atoms with Crippen molar-refractivity contribution in [2.45, 2.75) is 6.92 Å². The molecule has 0 amide bonds. The van der Waals surface area contributed by atoms with E-state index in [1.54, 1.807) is 6.92 Å². The topological polar surface area (TPSA) is 89.5 Å². The van der Waals surface area contributed by atoms with Gasteiger partial charge in [0, 0.05) is 11.1 Å². The third kappa shape index (κ3) is 2.70. The van der Waals surface area contributed by atoms with Gasteiger partial charge in [0.2, 0.25) is 0 Å². The lowest BCUT2D eigenvalue weighted by Gasteiger charge is -2.11. The molecular formula is C10H8O5-2. The molecule has 15 heavy (non-hydrogen) atoms. The second-order valence-electron chi connectivity index (χ2n) is 2.75. The number of ether oxygens (including phenoxy) is 1. The summed E-state index contributed by atoms with van der Waals surface area (Å²) >= 11 is 0. The maximum absolute atomic E-state index is 10.6. The van der Waals surface area contributed by atoms with Gasteiger partial charge in [-0.15, -0.1) is 0 Å². The van der Waals surface area contributed by atoms with Crippen LogP contribution in [0.15, 0.2) is 18.2 Å². The summed E-state index contributed by atoms with van der Waals surface area (Å²) in [6, 6.07) is 3.36. The molecule has 0 N–H and O–H groups in total. The lowest BCUT2D eigenvalue weighted by molar-refractivity contribution is -0.255. The van der Waals surface area contributed by atoms with Gasteiger partial charge >= 0.3 is 0 Å². The smallest absolute Gasteiger partial charge is 0.120 e. The molecule has 0 heterocycles. The lowest BCUT2D eigenvalue weighted by atomic mass is 10.1. The lowest BCUT2D eigenvalue weighted by Crippen LogP contribution is -2.25. The van der Waals surface area contributed by atoms with Crippen molar-refractivity contribution in [2.24, 2.45) is 0 Å². The van der Waals surface area contributed by atoms with Crippen LogP contribution in [0.25, 0.3) is 0 Å². The van der Waals surface area contributed by atoms with Crippen LogP contribution in [-0.4, -0.2) is 18.5 Å². The van der Waals surface area contributed by atoms with Gasteiger partial charge in [-0.2, -0.15) is 0 Å². The summed E-state index contributed by atoms with van der Waals surface area (Å²) in [5, 5.41) is 21.1. The summed E-state index contributed by atoms with van der Waals surface area (Å²) in [7, 11) is 0. The molecule has 80 valence electrons. The standard InChI is InChI=1S/C10H10O5/c1-2-15-8-4-6(9(11)12)3-7(5-8)10(13)14/h3-5H,2H2,1H3,(H,11,12)(H,13,14)/p-2. The van der Waals surface area contributed by atoms with E-state index in [9.17, 15) is 19.8 Å². The van der Waals surface area contributed by atoms with E-state index in [2.05, 4.69) is 0 Å². The minimum atomic E-state index is -1.46. The number of hydrogen-bond acceptors (Lipinski definition) is 5. The van der Waals surface area contributed by atoms with Gasteiger partial charge in [-0.1, -0.05) is 0 Å². The maximum Gasteiger partial charge on any atom is 0.120 e. The highest BCUT2D eigenvalue weighted by atomic mass is 16.5. The fourth-order valence-corrected chi connectivity index (χ4v) is 1.08. The van der Waals surface area contributed by atoms with Crippen molar-refractivity contribution in [2.75, 3.05) is 6.61 Å². The van der Waals surface area contributed by atoms with Gasteiger partial charge in [0.25, 0.3) is 0 Å². The second-order valence-corrected chi connectivity index (χ2v) is 2.75. The van der Waals surface area contributed by atoms with Crippen LogP contribution >= 0.6 is 0 Å². The third-order valence-corrected chi connectivity index (χ3v) is 1.69. The molecule has 0 radical (unpaired) electrons. The Kier molecular flexibility index (Phi) is 3.28. The molecule has 1 rings (SSSR count). The SMILES string of the molecule is CCOc1cc(C(=O)[O-])cc(C(=O)[O-])c1. The molecule has 5 heteroatoms. The summed E-state index contributed by atoms with van der Waals surface area (Å²) in [4.78, 5) is 21.1. The molecule has 0 unspecified atom stereocenters. The number of carboxylic acids is 2. The van der Waals surface area contributed by atoms with E-state index in [0.717, 1.165) is 6.07 Å². The van der Waals surface area contributed by atoms with E-state index in [-0.39, 0.29) is 16.9 Å². The molecule has 0 aliphatic heterocycles. The Bertz CT molecular complexity index is 365. The average molecular weight is 208 g/mol. The van der Waals surface area contributed by atoms with Crippen LogP contribution in [-0.2, 0) is 0 Å². The molecule has 0 aliphatic rings. The summed E-state index contributed by atoms with van der Waals surface area (Å²) in [5.41, 5.74) is -0.500. The van der Waals surface area contributed by atoms with E-state index >= 15 is 0 Å². The minimum absolute atomic E-state index is 0.165. The normalized spacial score (nSPS) is 9.67. The van der Waals surface area contributed by atoms with Crippen molar-refractivity contribution >= 4 is 11.9 Å². The van der Waals surface area contributed by atoms with Crippen LogP contribution in [0, 0.1) is 0 Å². The van der Waals surface area contributed by atoms with Crippen molar-refractivity contribution < 1.29 is 24.5 Å². The Labute approximate surface area is 85.9 Å². The average Bonchev–Trinajstić information content (AvgIpc) is 2.17. The van der Waals surface area contributed by atoms with Gasteiger partial charge < -0.3 is 24.5 Å². The third-order valence-electron chi connectivity index (χ3n) is 1.69. The zero-order valence-corrected chi connectivity index (χ0v) is 7.98. The molecule has 0 fully saturated rings. The van der Waals surface area contributed by atoms with Gasteiger partial charge in [0.15, 0.2) is 0 Å². The number of hydrogen-bond donors (Lipinski definition) is 0. The molecule has 0 atom stereocenters. The van der Waals surface area contributed by atoms with E-state index < -0.39 is 11.9 Å². The molecule has 0 aromatic heterocycles. The molecule has 0 spiro atoms. The van der Waals surface area contributed by atoms with Crippen LogP contribution < -0.4 is 14.9 Å². The molecule has 0 saturated heterocycles. The molecule has 0 bridgehead atoms. The van der Waals surface area contributed by atoms with Gasteiger partial charge in [-0.05, 0) is 25.1 Å². The van der Waals surface area contributed by atoms with Crippen LogP contribution in [0.2, 0.25) is 0 Å². The van der Waals surface area contributed by atoms with Crippen molar-refractivity contribution in [1.29, 1.82) is 0 Å². The highest BCUT2D eigenvalue weighted by Gasteiger charge is 2.03. The van der Waals surface area contributed by atoms with E-state index in [1.807, 2.05) is 0 Å². The predicted octanol–water partition coefficient (Wildman–Crippen LogP) is -1.19.